The molecule has 0 saturated carbocycles. The van der Waals surface area contributed by atoms with E-state index in [1.807, 2.05) is 0 Å². The van der Waals surface area contributed by atoms with Crippen molar-refractivity contribution in [3.8, 4) is 0 Å². The Morgan fingerprint density at radius 3 is 2.33 bits per heavy atom. The second-order valence-electron chi connectivity index (χ2n) is 4.47. The number of halogens is 3. The van der Waals surface area contributed by atoms with Crippen LogP contribution < -0.4 is 16.2 Å². The molecule has 0 bridgehead atoms. The summed E-state index contributed by atoms with van der Waals surface area (Å²) in [7, 11) is 0. The van der Waals surface area contributed by atoms with E-state index in [9.17, 15) is 14.0 Å². The van der Waals surface area contributed by atoms with Gasteiger partial charge in [0.15, 0.2) is 5.11 Å². The molecule has 5 nitrogen and oxygen atoms in total. The van der Waals surface area contributed by atoms with Crippen LogP contribution in [0.2, 0.25) is 10.0 Å². The predicted octanol–water partition coefficient (Wildman–Crippen LogP) is 3.08. The van der Waals surface area contributed by atoms with Crippen LogP contribution in [0.3, 0.4) is 0 Å². The van der Waals surface area contributed by atoms with Crippen LogP contribution in [0, 0.1) is 5.82 Å². The van der Waals surface area contributed by atoms with E-state index in [4.69, 9.17) is 35.4 Å². The van der Waals surface area contributed by atoms with Gasteiger partial charge >= 0.3 is 0 Å². The van der Waals surface area contributed by atoms with E-state index in [2.05, 4.69) is 16.2 Å². The zero-order chi connectivity index (χ0) is 17.7. The third-order valence-electron chi connectivity index (χ3n) is 2.81. The highest BCUT2D eigenvalue weighted by molar-refractivity contribution is 7.80. The molecule has 124 valence electrons. The molecule has 0 saturated heterocycles. The summed E-state index contributed by atoms with van der Waals surface area (Å²) in [5.74, 6) is -2.02. The monoisotopic (exact) mass is 385 g/mol. The van der Waals surface area contributed by atoms with Crippen LogP contribution in [0.4, 0.5) is 4.39 Å². The number of carbonyl (C=O) groups is 2. The van der Waals surface area contributed by atoms with Gasteiger partial charge in [-0.3, -0.25) is 25.8 Å². The van der Waals surface area contributed by atoms with E-state index in [1.54, 1.807) is 0 Å². The van der Waals surface area contributed by atoms with E-state index in [0.29, 0.717) is 5.02 Å². The number of hydrogen-bond donors (Lipinski definition) is 3. The molecule has 2 amide bonds. The van der Waals surface area contributed by atoms with Crippen molar-refractivity contribution in [2.24, 2.45) is 0 Å². The lowest BCUT2D eigenvalue weighted by Crippen LogP contribution is -2.48. The van der Waals surface area contributed by atoms with E-state index in [1.165, 1.54) is 36.4 Å². The SMILES string of the molecule is O=C(NC(=S)NNC(=O)c1ccc(Cl)cc1Cl)c1ccccc1F. The van der Waals surface area contributed by atoms with Crippen LogP contribution in [-0.2, 0) is 0 Å². The first-order valence-corrected chi connectivity index (χ1v) is 7.66. The number of hydrazine groups is 1. The van der Waals surface area contributed by atoms with E-state index >= 15 is 0 Å². The predicted molar refractivity (Wildman–Crippen MR) is 93.5 cm³/mol. The summed E-state index contributed by atoms with van der Waals surface area (Å²) in [4.78, 5) is 23.8. The summed E-state index contributed by atoms with van der Waals surface area (Å²) in [6.45, 7) is 0. The van der Waals surface area contributed by atoms with Crippen LogP contribution in [0.1, 0.15) is 20.7 Å². The first-order valence-electron chi connectivity index (χ1n) is 6.49. The summed E-state index contributed by atoms with van der Waals surface area (Å²) in [6, 6.07) is 9.77. The third-order valence-corrected chi connectivity index (χ3v) is 3.56. The number of rotatable bonds is 2. The smallest absolute Gasteiger partial charge is 0.271 e. The Balaban J connectivity index is 1.92. The largest absolute Gasteiger partial charge is 0.298 e. The molecule has 0 aliphatic rings. The maximum absolute atomic E-state index is 13.5. The molecule has 24 heavy (non-hydrogen) atoms. The minimum absolute atomic E-state index is 0.156. The molecule has 9 heteroatoms. The zero-order valence-electron chi connectivity index (χ0n) is 11.9. The molecule has 0 heterocycles. The maximum Gasteiger partial charge on any atom is 0.271 e. The summed E-state index contributed by atoms with van der Waals surface area (Å²) in [5.41, 5.74) is 4.58. The first-order chi connectivity index (χ1) is 11.4. The molecular formula is C15H10Cl2FN3O2S. The number of hydrogen-bond acceptors (Lipinski definition) is 3. The molecule has 2 aromatic carbocycles. The quantitative estimate of drug-likeness (QED) is 0.548. The lowest BCUT2D eigenvalue weighted by atomic mass is 10.2. The first kappa shape index (κ1) is 18.1. The van der Waals surface area contributed by atoms with Crippen molar-refractivity contribution < 1.29 is 14.0 Å². The van der Waals surface area contributed by atoms with Crippen molar-refractivity contribution in [2.45, 2.75) is 0 Å². The van der Waals surface area contributed by atoms with Gasteiger partial charge in [0, 0.05) is 5.02 Å². The lowest BCUT2D eigenvalue weighted by Gasteiger charge is -2.11. The highest BCUT2D eigenvalue weighted by Crippen LogP contribution is 2.20. The number of benzene rings is 2. The van der Waals surface area contributed by atoms with E-state index in [-0.39, 0.29) is 21.3 Å². The van der Waals surface area contributed by atoms with Gasteiger partial charge in [-0.05, 0) is 42.5 Å². The van der Waals surface area contributed by atoms with Crippen LogP contribution in [-0.4, -0.2) is 16.9 Å². The Kier molecular flexibility index (Phi) is 6.08. The van der Waals surface area contributed by atoms with E-state index < -0.39 is 17.6 Å². The zero-order valence-corrected chi connectivity index (χ0v) is 14.2. The second kappa shape index (κ2) is 8.05. The molecule has 3 N–H and O–H groups in total. The Morgan fingerprint density at radius 2 is 1.67 bits per heavy atom. The van der Waals surface area contributed by atoms with Crippen molar-refractivity contribution in [3.05, 3.63) is 69.5 Å². The Bertz CT molecular complexity index is 817. The molecule has 2 rings (SSSR count). The average Bonchev–Trinajstić information content (AvgIpc) is 2.53. The highest BCUT2D eigenvalue weighted by atomic mass is 35.5. The molecule has 0 unspecified atom stereocenters. The summed E-state index contributed by atoms with van der Waals surface area (Å²) >= 11 is 16.5. The molecular weight excluding hydrogens is 376 g/mol. The van der Waals surface area contributed by atoms with Crippen molar-refractivity contribution in [3.63, 3.8) is 0 Å². The fourth-order valence-corrected chi connectivity index (χ4v) is 2.34. The lowest BCUT2D eigenvalue weighted by molar-refractivity contribution is 0.0934. The molecule has 0 spiro atoms. The molecule has 0 atom stereocenters. The third kappa shape index (κ3) is 4.64. The van der Waals surface area contributed by atoms with Crippen molar-refractivity contribution in [1.29, 1.82) is 0 Å². The minimum atomic E-state index is -0.746. The van der Waals surface area contributed by atoms with Gasteiger partial charge in [-0.2, -0.15) is 0 Å². The van der Waals surface area contributed by atoms with Crippen LogP contribution in [0.5, 0.6) is 0 Å². The van der Waals surface area contributed by atoms with Crippen molar-refractivity contribution in [2.75, 3.05) is 0 Å². The second-order valence-corrected chi connectivity index (χ2v) is 5.72. The Morgan fingerprint density at radius 1 is 0.958 bits per heavy atom. The summed E-state index contributed by atoms with van der Waals surface area (Å²) in [6.07, 6.45) is 0. The number of carbonyl (C=O) groups excluding carboxylic acids is 2. The van der Waals surface area contributed by atoms with Gasteiger partial charge in [-0.15, -0.1) is 0 Å². The molecule has 0 fully saturated rings. The Labute approximate surface area is 152 Å². The van der Waals surface area contributed by atoms with Gasteiger partial charge in [-0.1, -0.05) is 35.3 Å². The molecule has 0 aliphatic carbocycles. The van der Waals surface area contributed by atoms with Crippen LogP contribution in [0.15, 0.2) is 42.5 Å². The van der Waals surface area contributed by atoms with Crippen molar-refractivity contribution >= 4 is 52.3 Å². The van der Waals surface area contributed by atoms with Crippen molar-refractivity contribution in [1.82, 2.24) is 16.2 Å². The van der Waals surface area contributed by atoms with Gasteiger partial charge in [-0.25, -0.2) is 4.39 Å². The summed E-state index contributed by atoms with van der Waals surface area (Å²) < 4.78 is 13.5. The van der Waals surface area contributed by atoms with Gasteiger partial charge in [0.25, 0.3) is 11.8 Å². The fourth-order valence-electron chi connectivity index (χ4n) is 1.70. The number of thiocarbonyl (C=S) groups is 1. The summed E-state index contributed by atoms with van der Waals surface area (Å²) in [5, 5.41) is 2.58. The number of nitrogens with one attached hydrogen (secondary N) is 3. The average molecular weight is 386 g/mol. The highest BCUT2D eigenvalue weighted by Gasteiger charge is 2.14. The molecule has 0 aromatic heterocycles. The Hall–Kier alpha value is -2.22. The van der Waals surface area contributed by atoms with E-state index in [0.717, 1.165) is 6.07 Å². The van der Waals surface area contributed by atoms with Crippen LogP contribution in [0.25, 0.3) is 0 Å². The molecule has 0 aliphatic heterocycles. The van der Waals surface area contributed by atoms with Gasteiger partial charge < -0.3 is 0 Å². The van der Waals surface area contributed by atoms with Crippen LogP contribution >= 0.6 is 35.4 Å². The maximum atomic E-state index is 13.5. The normalized spacial score (nSPS) is 9.96. The molecule has 0 radical (unpaired) electrons. The topological polar surface area (TPSA) is 70.2 Å². The standard InChI is InChI=1S/C15H10Cl2FN3O2S/c16-8-5-6-9(11(17)7-8)14(23)20-21-15(24)19-13(22)10-3-1-2-4-12(10)18/h1-7H,(H,20,23)(H2,19,21,22,24). The number of amides is 2. The van der Waals surface area contributed by atoms with Gasteiger partial charge in [0.1, 0.15) is 5.82 Å². The van der Waals surface area contributed by atoms with Gasteiger partial charge in [0.2, 0.25) is 0 Å². The fraction of sp³-hybridized carbons (Fsp3) is 0. The van der Waals surface area contributed by atoms with Gasteiger partial charge in [0.05, 0.1) is 16.1 Å². The minimum Gasteiger partial charge on any atom is -0.298 e. The molecule has 2 aromatic rings.